The van der Waals surface area contributed by atoms with Crippen molar-refractivity contribution in [2.75, 3.05) is 49.1 Å². The van der Waals surface area contributed by atoms with E-state index in [0.29, 0.717) is 30.8 Å². The first-order valence-electron chi connectivity index (χ1n) is 15.0. The molecule has 3 aromatic rings. The average Bonchev–Trinajstić information content (AvgIpc) is 3.58. The number of benzene rings is 1. The van der Waals surface area contributed by atoms with E-state index >= 15 is 0 Å². The van der Waals surface area contributed by atoms with Gasteiger partial charge in [0.2, 0.25) is 0 Å². The summed E-state index contributed by atoms with van der Waals surface area (Å²) in [6.07, 6.45) is 10.2. The Labute approximate surface area is 248 Å². The number of allylic oxidation sites excluding steroid dienone is 4. The molecule has 6 rings (SSSR count). The van der Waals surface area contributed by atoms with Crippen molar-refractivity contribution in [2.45, 2.75) is 46.6 Å². The zero-order valence-electron chi connectivity index (χ0n) is 25.0. The molecule has 2 aromatic heterocycles. The molecule has 2 aliphatic heterocycles. The maximum atomic E-state index is 12.5. The van der Waals surface area contributed by atoms with E-state index in [-0.39, 0.29) is 6.09 Å². The Morgan fingerprint density at radius 1 is 0.976 bits per heavy atom. The maximum absolute atomic E-state index is 12.5. The van der Waals surface area contributed by atoms with Gasteiger partial charge in [-0.1, -0.05) is 43.4 Å². The molecule has 0 saturated carbocycles. The van der Waals surface area contributed by atoms with E-state index in [0.717, 1.165) is 43.0 Å². The fraction of sp³-hybridized carbons (Fsp3) is 0.471. The van der Waals surface area contributed by atoms with Gasteiger partial charge in [0.15, 0.2) is 0 Å². The summed E-state index contributed by atoms with van der Waals surface area (Å²) in [5, 5.41) is 0. The van der Waals surface area contributed by atoms with Gasteiger partial charge in [0.25, 0.3) is 0 Å². The molecule has 4 heterocycles. The SMILES string of the molecule is Cc1cc2nc(-c3ccc(N4CCN(C(=O)OC(C)(C)C)CC4)cc3)cc(N3CCC(C4C=CC=CC4C)C3)c2s1. The summed E-state index contributed by atoms with van der Waals surface area (Å²) in [5.74, 6) is 1.89. The van der Waals surface area contributed by atoms with Gasteiger partial charge in [-0.15, -0.1) is 11.3 Å². The number of aromatic nitrogens is 1. The van der Waals surface area contributed by atoms with Gasteiger partial charge in [0.1, 0.15) is 5.60 Å². The number of pyridine rings is 1. The minimum absolute atomic E-state index is 0.223. The van der Waals surface area contributed by atoms with Crippen molar-refractivity contribution < 1.29 is 9.53 Å². The van der Waals surface area contributed by atoms with Gasteiger partial charge in [0, 0.05) is 55.4 Å². The lowest BCUT2D eigenvalue weighted by Crippen LogP contribution is -2.50. The summed E-state index contributed by atoms with van der Waals surface area (Å²) in [6.45, 7) is 15.4. The zero-order chi connectivity index (χ0) is 28.7. The van der Waals surface area contributed by atoms with E-state index in [9.17, 15) is 4.79 Å². The molecule has 2 saturated heterocycles. The van der Waals surface area contributed by atoms with Crippen molar-refractivity contribution in [3.8, 4) is 11.3 Å². The van der Waals surface area contributed by atoms with Crippen LogP contribution in [0.15, 0.2) is 60.7 Å². The van der Waals surface area contributed by atoms with E-state index in [2.05, 4.69) is 84.3 Å². The molecule has 0 radical (unpaired) electrons. The number of thiophene rings is 1. The Hall–Kier alpha value is -3.32. The second-order valence-corrected chi connectivity index (χ2v) is 14.1. The molecule has 0 spiro atoms. The van der Waals surface area contributed by atoms with E-state index in [1.807, 2.05) is 37.0 Å². The number of hydrogen-bond acceptors (Lipinski definition) is 6. The van der Waals surface area contributed by atoms with Crippen LogP contribution in [0.1, 0.15) is 39.0 Å². The summed E-state index contributed by atoms with van der Waals surface area (Å²) >= 11 is 1.86. The van der Waals surface area contributed by atoms with Gasteiger partial charge in [-0.25, -0.2) is 9.78 Å². The highest BCUT2D eigenvalue weighted by Gasteiger charge is 2.32. The van der Waals surface area contributed by atoms with Crippen molar-refractivity contribution in [2.24, 2.45) is 17.8 Å². The Morgan fingerprint density at radius 3 is 2.41 bits per heavy atom. The van der Waals surface area contributed by atoms with Crippen LogP contribution in [0.2, 0.25) is 0 Å². The van der Waals surface area contributed by atoms with Crippen LogP contribution < -0.4 is 9.80 Å². The summed E-state index contributed by atoms with van der Waals surface area (Å²) in [6, 6.07) is 13.3. The molecule has 0 N–H and O–H groups in total. The van der Waals surface area contributed by atoms with Crippen LogP contribution in [0.3, 0.4) is 0 Å². The number of rotatable bonds is 4. The van der Waals surface area contributed by atoms with Crippen molar-refractivity contribution in [1.82, 2.24) is 9.88 Å². The number of amides is 1. The predicted molar refractivity (Wildman–Crippen MR) is 171 cm³/mol. The molecule has 3 aliphatic rings. The molecule has 3 unspecified atom stereocenters. The van der Waals surface area contributed by atoms with Crippen LogP contribution in [0.4, 0.5) is 16.2 Å². The summed E-state index contributed by atoms with van der Waals surface area (Å²) in [5.41, 5.74) is 5.30. The van der Waals surface area contributed by atoms with Gasteiger partial charge in [-0.2, -0.15) is 0 Å². The minimum Gasteiger partial charge on any atom is -0.444 e. The van der Waals surface area contributed by atoms with Gasteiger partial charge < -0.3 is 19.4 Å². The summed E-state index contributed by atoms with van der Waals surface area (Å²) in [7, 11) is 0. The molecule has 7 heteroatoms. The van der Waals surface area contributed by atoms with Crippen LogP contribution in [0.25, 0.3) is 21.5 Å². The molecule has 0 bridgehead atoms. The Morgan fingerprint density at radius 2 is 1.71 bits per heavy atom. The Bertz CT molecular complexity index is 1460. The van der Waals surface area contributed by atoms with Gasteiger partial charge in [-0.05, 0) is 76.1 Å². The third-order valence-corrected chi connectivity index (χ3v) is 9.68. The first kappa shape index (κ1) is 27.8. The number of ether oxygens (including phenoxy) is 1. The summed E-state index contributed by atoms with van der Waals surface area (Å²) in [4.78, 5) is 25.6. The van der Waals surface area contributed by atoms with E-state index < -0.39 is 5.60 Å². The minimum atomic E-state index is -0.470. The second kappa shape index (κ2) is 11.2. The van der Waals surface area contributed by atoms with Crippen molar-refractivity contribution in [3.63, 3.8) is 0 Å². The molecular weight excluding hydrogens is 528 g/mol. The lowest BCUT2D eigenvalue weighted by Gasteiger charge is -2.36. The Kier molecular flexibility index (Phi) is 7.58. The predicted octanol–water partition coefficient (Wildman–Crippen LogP) is 7.53. The fourth-order valence-electron chi connectivity index (χ4n) is 6.47. The highest BCUT2D eigenvalue weighted by atomic mass is 32.1. The number of anilines is 2. The lowest BCUT2D eigenvalue weighted by molar-refractivity contribution is 0.0240. The van der Waals surface area contributed by atoms with Gasteiger partial charge in [-0.3, -0.25) is 0 Å². The molecule has 6 nitrogen and oxygen atoms in total. The van der Waals surface area contributed by atoms with Crippen LogP contribution in [-0.2, 0) is 4.74 Å². The monoisotopic (exact) mass is 570 g/mol. The largest absolute Gasteiger partial charge is 0.444 e. The van der Waals surface area contributed by atoms with E-state index in [1.165, 1.54) is 27.4 Å². The van der Waals surface area contributed by atoms with Gasteiger partial charge in [0.05, 0.1) is 21.6 Å². The standard InChI is InChI=1S/C34H42N4O2S/c1-23-8-6-7-9-28(23)26-14-15-38(22-26)31-21-29(35-30-20-24(2)41-32(30)31)25-10-12-27(13-11-25)36-16-18-37(19-17-36)33(39)40-34(3,4)5/h6-13,20-21,23,26,28H,14-19,22H2,1-5H3. The molecule has 2 fully saturated rings. The fourth-order valence-corrected chi connectivity index (χ4v) is 7.46. The van der Waals surface area contributed by atoms with E-state index in [4.69, 9.17) is 9.72 Å². The molecule has 3 atom stereocenters. The first-order chi connectivity index (χ1) is 19.6. The molecule has 216 valence electrons. The quantitative estimate of drug-likeness (QED) is 0.324. The molecule has 1 aliphatic carbocycles. The Balaban J connectivity index is 1.18. The van der Waals surface area contributed by atoms with Crippen molar-refractivity contribution in [3.05, 3.63) is 65.6 Å². The number of carbonyl (C=O) groups excluding carboxylic acids is 1. The number of carbonyl (C=O) groups is 1. The zero-order valence-corrected chi connectivity index (χ0v) is 25.8. The topological polar surface area (TPSA) is 48.9 Å². The molecule has 1 amide bonds. The second-order valence-electron chi connectivity index (χ2n) is 12.8. The summed E-state index contributed by atoms with van der Waals surface area (Å²) < 4.78 is 6.86. The van der Waals surface area contributed by atoms with Crippen LogP contribution in [0, 0.1) is 24.7 Å². The molecule has 41 heavy (non-hydrogen) atoms. The van der Waals surface area contributed by atoms with Crippen LogP contribution >= 0.6 is 11.3 Å². The first-order valence-corrected chi connectivity index (χ1v) is 15.8. The average molecular weight is 571 g/mol. The number of piperazine rings is 1. The number of fused-ring (bicyclic) bond motifs is 1. The number of hydrogen-bond donors (Lipinski definition) is 0. The molecular formula is C34H42N4O2S. The third kappa shape index (κ3) is 6.01. The van der Waals surface area contributed by atoms with Crippen LogP contribution in [-0.4, -0.2) is 60.8 Å². The highest BCUT2D eigenvalue weighted by molar-refractivity contribution is 7.19. The van der Waals surface area contributed by atoms with Gasteiger partial charge >= 0.3 is 6.09 Å². The number of aryl methyl sites for hydroxylation is 1. The van der Waals surface area contributed by atoms with E-state index in [1.54, 1.807) is 0 Å². The maximum Gasteiger partial charge on any atom is 0.410 e. The lowest BCUT2D eigenvalue weighted by atomic mass is 9.79. The number of nitrogens with zero attached hydrogens (tertiary/aromatic N) is 4. The third-order valence-electron chi connectivity index (χ3n) is 8.62. The highest BCUT2D eigenvalue weighted by Crippen LogP contribution is 2.41. The van der Waals surface area contributed by atoms with Crippen molar-refractivity contribution >= 4 is 39.0 Å². The van der Waals surface area contributed by atoms with Crippen molar-refractivity contribution in [1.29, 1.82) is 0 Å². The normalized spacial score (nSPS) is 23.0. The smallest absolute Gasteiger partial charge is 0.410 e. The van der Waals surface area contributed by atoms with Crippen LogP contribution in [0.5, 0.6) is 0 Å². The molecule has 1 aromatic carbocycles.